The Balaban J connectivity index is 1.99. The minimum atomic E-state index is 0.608. The minimum Gasteiger partial charge on any atom is -0.381 e. The average Bonchev–Trinajstić information content (AvgIpc) is 2.25. The van der Waals surface area contributed by atoms with Crippen LogP contribution in [0.5, 0.6) is 0 Å². The molecule has 0 amide bonds. The number of nitrogens with one attached hydrogen (secondary N) is 1. The summed E-state index contributed by atoms with van der Waals surface area (Å²) in [6, 6.07) is 0.608. The molecule has 16 heavy (non-hydrogen) atoms. The molecule has 0 aromatic carbocycles. The van der Waals surface area contributed by atoms with E-state index in [2.05, 4.69) is 31.1 Å². The van der Waals surface area contributed by atoms with E-state index in [1.54, 1.807) is 0 Å². The van der Waals surface area contributed by atoms with Crippen molar-refractivity contribution in [2.75, 3.05) is 39.9 Å². The van der Waals surface area contributed by atoms with E-state index in [0.29, 0.717) is 6.04 Å². The first-order valence-corrected chi connectivity index (χ1v) is 6.68. The highest BCUT2D eigenvalue weighted by atomic mass is 16.5. The van der Waals surface area contributed by atoms with Gasteiger partial charge in [-0.1, -0.05) is 13.8 Å². The molecule has 1 N–H and O–H groups in total. The van der Waals surface area contributed by atoms with Gasteiger partial charge in [-0.15, -0.1) is 0 Å². The first-order valence-electron chi connectivity index (χ1n) is 6.68. The number of nitrogens with zero attached hydrogens (tertiary/aromatic N) is 1. The quantitative estimate of drug-likeness (QED) is 0.672. The molecule has 3 nitrogen and oxygen atoms in total. The zero-order valence-corrected chi connectivity index (χ0v) is 11.2. The first kappa shape index (κ1) is 13.9. The molecular weight excluding hydrogens is 200 g/mol. The van der Waals surface area contributed by atoms with E-state index in [9.17, 15) is 0 Å². The highest BCUT2D eigenvalue weighted by molar-refractivity contribution is 4.67. The van der Waals surface area contributed by atoms with Gasteiger partial charge in [-0.25, -0.2) is 0 Å². The maximum absolute atomic E-state index is 5.50. The summed E-state index contributed by atoms with van der Waals surface area (Å²) in [5.41, 5.74) is 0. The van der Waals surface area contributed by atoms with E-state index in [1.807, 2.05) is 0 Å². The third kappa shape index (κ3) is 6.46. The van der Waals surface area contributed by atoms with Crippen molar-refractivity contribution in [3.8, 4) is 0 Å². The standard InChI is InChI=1S/C13H28N2O/c1-12(2)14-7-5-8-15(3)10-13-6-4-9-16-11-13/h12-14H,4-11H2,1-3H3. The van der Waals surface area contributed by atoms with Gasteiger partial charge in [-0.05, 0) is 45.3 Å². The number of ether oxygens (including phenoxy) is 1. The van der Waals surface area contributed by atoms with Crippen LogP contribution in [0, 0.1) is 5.92 Å². The molecule has 1 atom stereocenters. The molecule has 1 aliphatic rings. The fraction of sp³-hybridized carbons (Fsp3) is 1.00. The van der Waals surface area contributed by atoms with Crippen LogP contribution in [0.25, 0.3) is 0 Å². The van der Waals surface area contributed by atoms with E-state index in [4.69, 9.17) is 4.74 Å². The molecule has 1 heterocycles. The third-order valence-corrected chi connectivity index (χ3v) is 3.09. The van der Waals surface area contributed by atoms with Crippen LogP contribution in [0.4, 0.5) is 0 Å². The Labute approximate surface area is 101 Å². The summed E-state index contributed by atoms with van der Waals surface area (Å²) in [5, 5.41) is 3.45. The van der Waals surface area contributed by atoms with Crippen LogP contribution in [0.2, 0.25) is 0 Å². The number of hydrogen-bond donors (Lipinski definition) is 1. The summed E-state index contributed by atoms with van der Waals surface area (Å²) in [6.07, 6.45) is 3.82. The molecule has 0 bridgehead atoms. The van der Waals surface area contributed by atoms with E-state index in [0.717, 1.165) is 25.7 Å². The minimum absolute atomic E-state index is 0.608. The summed E-state index contributed by atoms with van der Waals surface area (Å²) in [7, 11) is 2.23. The first-order chi connectivity index (χ1) is 7.68. The molecule has 0 spiro atoms. The molecule has 96 valence electrons. The molecule has 1 aliphatic heterocycles. The Bertz CT molecular complexity index is 167. The Morgan fingerprint density at radius 3 is 2.88 bits per heavy atom. The van der Waals surface area contributed by atoms with Crippen molar-refractivity contribution in [1.82, 2.24) is 10.2 Å². The van der Waals surface area contributed by atoms with Crippen molar-refractivity contribution in [2.45, 2.75) is 39.2 Å². The van der Waals surface area contributed by atoms with Gasteiger partial charge in [-0.3, -0.25) is 0 Å². The van der Waals surface area contributed by atoms with Gasteiger partial charge in [0.1, 0.15) is 0 Å². The lowest BCUT2D eigenvalue weighted by Gasteiger charge is -2.27. The summed E-state index contributed by atoms with van der Waals surface area (Å²) in [6.45, 7) is 9.85. The van der Waals surface area contributed by atoms with Crippen LogP contribution in [0.3, 0.4) is 0 Å². The Kier molecular flexibility index (Phi) is 7.01. The predicted octanol–water partition coefficient (Wildman–Crippen LogP) is 1.73. The Morgan fingerprint density at radius 1 is 1.44 bits per heavy atom. The van der Waals surface area contributed by atoms with Gasteiger partial charge in [0, 0.05) is 19.2 Å². The van der Waals surface area contributed by atoms with Gasteiger partial charge >= 0.3 is 0 Å². The molecule has 1 unspecified atom stereocenters. The van der Waals surface area contributed by atoms with Crippen LogP contribution in [-0.4, -0.2) is 50.8 Å². The molecule has 1 fully saturated rings. The highest BCUT2D eigenvalue weighted by Crippen LogP contribution is 2.14. The van der Waals surface area contributed by atoms with Crippen LogP contribution in [0.15, 0.2) is 0 Å². The monoisotopic (exact) mass is 228 g/mol. The molecule has 0 radical (unpaired) electrons. The lowest BCUT2D eigenvalue weighted by Crippen LogP contribution is -2.33. The van der Waals surface area contributed by atoms with Gasteiger partial charge in [0.2, 0.25) is 0 Å². The highest BCUT2D eigenvalue weighted by Gasteiger charge is 2.15. The van der Waals surface area contributed by atoms with Gasteiger partial charge in [0.05, 0.1) is 6.61 Å². The fourth-order valence-corrected chi connectivity index (χ4v) is 2.22. The lowest BCUT2D eigenvalue weighted by atomic mass is 10.0. The molecular formula is C13H28N2O. The van der Waals surface area contributed by atoms with Gasteiger partial charge in [0.25, 0.3) is 0 Å². The van der Waals surface area contributed by atoms with E-state index < -0.39 is 0 Å². The van der Waals surface area contributed by atoms with Crippen molar-refractivity contribution in [1.29, 1.82) is 0 Å². The van der Waals surface area contributed by atoms with E-state index >= 15 is 0 Å². The molecule has 3 heteroatoms. The summed E-state index contributed by atoms with van der Waals surface area (Å²) in [4.78, 5) is 2.45. The zero-order chi connectivity index (χ0) is 11.8. The smallest absolute Gasteiger partial charge is 0.0506 e. The molecule has 1 rings (SSSR count). The van der Waals surface area contributed by atoms with Crippen LogP contribution in [0.1, 0.15) is 33.1 Å². The van der Waals surface area contributed by atoms with Crippen molar-refractivity contribution < 1.29 is 4.74 Å². The SMILES string of the molecule is CC(C)NCCCN(C)CC1CCCOC1. The molecule has 0 saturated carbocycles. The van der Waals surface area contributed by atoms with Gasteiger partial charge < -0.3 is 15.0 Å². The van der Waals surface area contributed by atoms with Gasteiger partial charge in [-0.2, -0.15) is 0 Å². The number of rotatable bonds is 7. The second-order valence-corrected chi connectivity index (χ2v) is 5.31. The average molecular weight is 228 g/mol. The lowest BCUT2D eigenvalue weighted by molar-refractivity contribution is 0.0419. The molecule has 0 aliphatic carbocycles. The van der Waals surface area contributed by atoms with Gasteiger partial charge in [0.15, 0.2) is 0 Å². The van der Waals surface area contributed by atoms with E-state index in [-0.39, 0.29) is 0 Å². The van der Waals surface area contributed by atoms with Crippen molar-refractivity contribution in [2.24, 2.45) is 5.92 Å². The maximum atomic E-state index is 5.50. The normalized spacial score (nSPS) is 21.9. The fourth-order valence-electron chi connectivity index (χ4n) is 2.22. The second-order valence-electron chi connectivity index (χ2n) is 5.31. The van der Waals surface area contributed by atoms with Crippen LogP contribution >= 0.6 is 0 Å². The summed E-state index contributed by atoms with van der Waals surface area (Å²) < 4.78 is 5.50. The second kappa shape index (κ2) is 8.04. The van der Waals surface area contributed by atoms with Crippen molar-refractivity contribution in [3.63, 3.8) is 0 Å². The van der Waals surface area contributed by atoms with E-state index in [1.165, 1.54) is 32.4 Å². The van der Waals surface area contributed by atoms with Crippen molar-refractivity contribution in [3.05, 3.63) is 0 Å². The topological polar surface area (TPSA) is 24.5 Å². The summed E-state index contributed by atoms with van der Waals surface area (Å²) >= 11 is 0. The summed E-state index contributed by atoms with van der Waals surface area (Å²) in [5.74, 6) is 0.761. The third-order valence-electron chi connectivity index (χ3n) is 3.09. The van der Waals surface area contributed by atoms with Crippen LogP contribution in [-0.2, 0) is 4.74 Å². The van der Waals surface area contributed by atoms with Crippen LogP contribution < -0.4 is 5.32 Å². The maximum Gasteiger partial charge on any atom is 0.0506 e. The predicted molar refractivity (Wildman–Crippen MR) is 68.8 cm³/mol. The Hall–Kier alpha value is -0.120. The molecule has 1 saturated heterocycles. The number of hydrogen-bond acceptors (Lipinski definition) is 3. The molecule has 0 aromatic rings. The largest absolute Gasteiger partial charge is 0.381 e. The van der Waals surface area contributed by atoms with Crippen molar-refractivity contribution >= 4 is 0 Å². The Morgan fingerprint density at radius 2 is 2.25 bits per heavy atom. The molecule has 0 aromatic heterocycles. The zero-order valence-electron chi connectivity index (χ0n) is 11.2.